The van der Waals surface area contributed by atoms with Gasteiger partial charge in [-0.25, -0.2) is 8.42 Å². The molecule has 2 aromatic rings. The van der Waals surface area contributed by atoms with Crippen LogP contribution in [0.4, 0.5) is 13.2 Å². The molecule has 0 radical (unpaired) electrons. The molecule has 0 aliphatic carbocycles. The Hall–Kier alpha value is -1.81. The third-order valence-corrected chi connectivity index (χ3v) is 6.41. The molecule has 0 saturated carbocycles. The highest BCUT2D eigenvalue weighted by atomic mass is 35.5. The van der Waals surface area contributed by atoms with Crippen molar-refractivity contribution in [2.45, 2.75) is 24.5 Å². The molecule has 0 aliphatic heterocycles. The minimum atomic E-state index is -4.93. The maximum absolute atomic E-state index is 13.3. The highest BCUT2D eigenvalue weighted by Gasteiger charge is 2.39. The van der Waals surface area contributed by atoms with Gasteiger partial charge in [-0.2, -0.15) is 17.5 Å². The molecule has 5 nitrogen and oxygen atoms in total. The lowest BCUT2D eigenvalue weighted by Crippen LogP contribution is -2.40. The summed E-state index contributed by atoms with van der Waals surface area (Å²) in [6, 6.07) is 9.01. The quantitative estimate of drug-likeness (QED) is 0.657. The molecular formula is C18H17Cl2F3N2O3S. The Morgan fingerprint density at radius 1 is 1.07 bits per heavy atom. The van der Waals surface area contributed by atoms with Gasteiger partial charge in [0.2, 0.25) is 15.9 Å². The van der Waals surface area contributed by atoms with Crippen LogP contribution in [-0.2, 0) is 27.5 Å². The fraction of sp³-hybridized carbons (Fsp3) is 0.278. The topological polar surface area (TPSA) is 66.5 Å². The van der Waals surface area contributed by atoms with Gasteiger partial charge in [-0.3, -0.25) is 4.79 Å². The molecule has 11 heteroatoms. The summed E-state index contributed by atoms with van der Waals surface area (Å²) in [5.41, 5.74) is -0.657. The number of hydrogen-bond acceptors (Lipinski definition) is 3. The smallest absolute Gasteiger partial charge is 0.351 e. The Labute approximate surface area is 176 Å². The Morgan fingerprint density at radius 2 is 1.66 bits per heavy atom. The number of amides is 1. The summed E-state index contributed by atoms with van der Waals surface area (Å²) in [5, 5.41) is 2.80. The number of nitrogens with zero attached hydrogens (tertiary/aromatic N) is 1. The van der Waals surface area contributed by atoms with Crippen LogP contribution in [-0.4, -0.2) is 31.7 Å². The minimum absolute atomic E-state index is 0.113. The van der Waals surface area contributed by atoms with Crippen LogP contribution >= 0.6 is 23.2 Å². The summed E-state index contributed by atoms with van der Waals surface area (Å²) >= 11 is 11.4. The van der Waals surface area contributed by atoms with E-state index >= 15 is 0 Å². The summed E-state index contributed by atoms with van der Waals surface area (Å²) in [6.45, 7) is 0.707. The van der Waals surface area contributed by atoms with Gasteiger partial charge in [0.25, 0.3) is 0 Å². The van der Waals surface area contributed by atoms with Crippen molar-refractivity contribution in [3.05, 3.63) is 63.6 Å². The van der Waals surface area contributed by atoms with Crippen LogP contribution in [0.5, 0.6) is 0 Å². The second-order valence-electron chi connectivity index (χ2n) is 5.97. The number of halogens is 5. The summed E-state index contributed by atoms with van der Waals surface area (Å²) in [6.07, 6.45) is -4.93. The molecule has 1 amide bonds. The van der Waals surface area contributed by atoms with Crippen LogP contribution in [0.2, 0.25) is 10.0 Å². The molecule has 0 atom stereocenters. The number of carbonyl (C=O) groups is 1. The van der Waals surface area contributed by atoms with Crippen LogP contribution in [0, 0.1) is 0 Å². The molecule has 0 bridgehead atoms. The highest BCUT2D eigenvalue weighted by molar-refractivity contribution is 7.89. The SMILES string of the molecule is CCN(CC(=O)NCc1ccc(Cl)cc1)S(=O)(=O)c1ccc(Cl)cc1C(F)(F)F. The lowest BCUT2D eigenvalue weighted by molar-refractivity contribution is -0.139. The monoisotopic (exact) mass is 468 g/mol. The van der Waals surface area contributed by atoms with E-state index in [1.54, 1.807) is 24.3 Å². The fourth-order valence-corrected chi connectivity index (χ4v) is 4.37. The Morgan fingerprint density at radius 3 is 2.21 bits per heavy atom. The first-order valence-electron chi connectivity index (χ1n) is 8.33. The molecule has 0 aliphatic rings. The van der Waals surface area contributed by atoms with Crippen molar-refractivity contribution < 1.29 is 26.4 Å². The number of nitrogens with one attached hydrogen (secondary N) is 1. The van der Waals surface area contributed by atoms with Gasteiger partial charge in [0.05, 0.1) is 17.0 Å². The highest BCUT2D eigenvalue weighted by Crippen LogP contribution is 2.36. The van der Waals surface area contributed by atoms with E-state index in [1.165, 1.54) is 6.92 Å². The zero-order valence-electron chi connectivity index (χ0n) is 15.1. The van der Waals surface area contributed by atoms with Crippen LogP contribution < -0.4 is 5.32 Å². The van der Waals surface area contributed by atoms with Crippen molar-refractivity contribution in [2.24, 2.45) is 0 Å². The Balaban J connectivity index is 2.20. The van der Waals surface area contributed by atoms with Gasteiger partial charge in [-0.15, -0.1) is 0 Å². The van der Waals surface area contributed by atoms with Crippen molar-refractivity contribution in [2.75, 3.05) is 13.1 Å². The van der Waals surface area contributed by atoms with Gasteiger partial charge in [0.1, 0.15) is 0 Å². The number of rotatable bonds is 7. The predicted octanol–water partition coefficient (Wildman–Crippen LogP) is 4.34. The van der Waals surface area contributed by atoms with E-state index in [2.05, 4.69) is 5.32 Å². The average Bonchev–Trinajstić information content (AvgIpc) is 2.64. The van der Waals surface area contributed by atoms with E-state index in [-0.39, 0.29) is 18.1 Å². The summed E-state index contributed by atoms with van der Waals surface area (Å²) in [4.78, 5) is 11.2. The number of alkyl halides is 3. The first kappa shape index (κ1) is 23.5. The molecule has 1 N–H and O–H groups in total. The molecule has 2 rings (SSSR count). The van der Waals surface area contributed by atoms with Crippen LogP contribution in [0.15, 0.2) is 47.4 Å². The van der Waals surface area contributed by atoms with E-state index in [1.807, 2.05) is 0 Å². The van der Waals surface area contributed by atoms with Crippen molar-refractivity contribution in [3.63, 3.8) is 0 Å². The Bertz CT molecular complexity index is 981. The molecule has 0 aromatic heterocycles. The van der Waals surface area contributed by atoms with Crippen molar-refractivity contribution in [1.29, 1.82) is 0 Å². The normalized spacial score (nSPS) is 12.2. The minimum Gasteiger partial charge on any atom is -0.351 e. The summed E-state index contributed by atoms with van der Waals surface area (Å²) in [7, 11) is -4.59. The third-order valence-electron chi connectivity index (χ3n) is 3.94. The van der Waals surface area contributed by atoms with Crippen LogP contribution in [0.25, 0.3) is 0 Å². The lowest BCUT2D eigenvalue weighted by Gasteiger charge is -2.22. The zero-order chi connectivity index (χ0) is 21.8. The van der Waals surface area contributed by atoms with Crippen LogP contribution in [0.1, 0.15) is 18.1 Å². The second kappa shape index (κ2) is 9.34. The summed E-state index contributed by atoms with van der Waals surface area (Å²) in [5.74, 6) is -0.659. The molecule has 0 saturated heterocycles. The van der Waals surface area contributed by atoms with Crippen molar-refractivity contribution >= 4 is 39.1 Å². The molecule has 0 spiro atoms. The molecule has 0 unspecified atom stereocenters. The first-order valence-corrected chi connectivity index (χ1v) is 10.5. The van der Waals surface area contributed by atoms with Gasteiger partial charge >= 0.3 is 6.18 Å². The fourth-order valence-electron chi connectivity index (χ4n) is 2.47. The largest absolute Gasteiger partial charge is 0.417 e. The average molecular weight is 469 g/mol. The van der Waals surface area contributed by atoms with E-state index in [0.717, 1.165) is 17.7 Å². The van der Waals surface area contributed by atoms with Crippen LogP contribution in [0.3, 0.4) is 0 Å². The van der Waals surface area contributed by atoms with Gasteiger partial charge in [-0.1, -0.05) is 42.3 Å². The van der Waals surface area contributed by atoms with E-state index < -0.39 is 39.1 Å². The maximum atomic E-state index is 13.3. The van der Waals surface area contributed by atoms with Crippen molar-refractivity contribution in [1.82, 2.24) is 9.62 Å². The second-order valence-corrected chi connectivity index (χ2v) is 8.75. The number of benzene rings is 2. The first-order chi connectivity index (χ1) is 13.4. The standard InChI is InChI=1S/C18H17Cl2F3N2O3S/c1-2-25(11-17(26)24-10-12-3-5-13(19)6-4-12)29(27,28)16-8-7-14(20)9-15(16)18(21,22)23/h3-9H,2,10-11H2,1H3,(H,24,26). The lowest BCUT2D eigenvalue weighted by atomic mass is 10.2. The number of likely N-dealkylation sites (N-methyl/N-ethyl adjacent to an activating group) is 1. The summed E-state index contributed by atoms with van der Waals surface area (Å²) < 4.78 is 66.1. The molecule has 158 valence electrons. The van der Waals surface area contributed by atoms with Gasteiger partial charge < -0.3 is 5.32 Å². The number of sulfonamides is 1. The van der Waals surface area contributed by atoms with E-state index in [0.29, 0.717) is 15.4 Å². The maximum Gasteiger partial charge on any atom is 0.417 e. The van der Waals surface area contributed by atoms with E-state index in [4.69, 9.17) is 23.2 Å². The third kappa shape index (κ3) is 6.08. The van der Waals surface area contributed by atoms with Gasteiger partial charge in [0, 0.05) is 23.1 Å². The number of carbonyl (C=O) groups excluding carboxylic acids is 1. The Kier molecular flexibility index (Phi) is 7.56. The molecule has 0 heterocycles. The predicted molar refractivity (Wildman–Crippen MR) is 104 cm³/mol. The van der Waals surface area contributed by atoms with Gasteiger partial charge in [-0.05, 0) is 35.9 Å². The van der Waals surface area contributed by atoms with Crippen molar-refractivity contribution in [3.8, 4) is 0 Å². The number of hydrogen-bond donors (Lipinski definition) is 1. The van der Waals surface area contributed by atoms with E-state index in [9.17, 15) is 26.4 Å². The van der Waals surface area contributed by atoms with Gasteiger partial charge in [0.15, 0.2) is 0 Å². The molecular weight excluding hydrogens is 452 g/mol. The zero-order valence-corrected chi connectivity index (χ0v) is 17.5. The molecule has 2 aromatic carbocycles. The molecule has 29 heavy (non-hydrogen) atoms. The molecule has 0 fully saturated rings.